The van der Waals surface area contributed by atoms with Gasteiger partial charge >= 0.3 is 0 Å². The number of nitrogens with zero attached hydrogens (tertiary/aromatic N) is 2. The van der Waals surface area contributed by atoms with Gasteiger partial charge in [0.25, 0.3) is 0 Å². The SMILES string of the molecule is CC(Cc1ccsc1)NC(=O)Cn1cc(N)cn1. The second-order valence-corrected chi connectivity index (χ2v) is 5.06. The van der Waals surface area contributed by atoms with Crippen LogP contribution in [0.15, 0.2) is 29.2 Å². The summed E-state index contributed by atoms with van der Waals surface area (Å²) in [6.45, 7) is 2.19. The number of carbonyl (C=O) groups excluding carboxylic acids is 1. The molecular weight excluding hydrogens is 248 g/mol. The summed E-state index contributed by atoms with van der Waals surface area (Å²) in [6.07, 6.45) is 4.02. The maximum absolute atomic E-state index is 11.8. The van der Waals surface area contributed by atoms with Crippen LogP contribution in [0.4, 0.5) is 5.69 Å². The van der Waals surface area contributed by atoms with Gasteiger partial charge in [-0.2, -0.15) is 16.4 Å². The number of rotatable bonds is 5. The van der Waals surface area contributed by atoms with Crippen molar-refractivity contribution in [1.82, 2.24) is 15.1 Å². The lowest BCUT2D eigenvalue weighted by Crippen LogP contribution is -2.36. The molecule has 0 aliphatic rings. The van der Waals surface area contributed by atoms with E-state index in [4.69, 9.17) is 5.73 Å². The smallest absolute Gasteiger partial charge is 0.241 e. The first-order chi connectivity index (χ1) is 8.63. The van der Waals surface area contributed by atoms with Crippen LogP contribution in [0.25, 0.3) is 0 Å². The minimum Gasteiger partial charge on any atom is -0.396 e. The van der Waals surface area contributed by atoms with Gasteiger partial charge in [0.2, 0.25) is 5.91 Å². The molecule has 0 bridgehead atoms. The molecule has 0 spiro atoms. The van der Waals surface area contributed by atoms with Gasteiger partial charge in [-0.15, -0.1) is 0 Å². The summed E-state index contributed by atoms with van der Waals surface area (Å²) >= 11 is 1.67. The van der Waals surface area contributed by atoms with Crippen molar-refractivity contribution in [3.8, 4) is 0 Å². The van der Waals surface area contributed by atoms with Crippen LogP contribution in [0.3, 0.4) is 0 Å². The molecule has 0 aromatic carbocycles. The van der Waals surface area contributed by atoms with E-state index in [1.807, 2.05) is 12.3 Å². The van der Waals surface area contributed by atoms with Gasteiger partial charge in [0.15, 0.2) is 0 Å². The Kier molecular flexibility index (Phi) is 3.99. The number of nitrogen functional groups attached to an aromatic ring is 1. The number of anilines is 1. The van der Waals surface area contributed by atoms with E-state index in [0.717, 1.165) is 6.42 Å². The predicted octanol–water partition coefficient (Wildman–Crippen LogP) is 1.27. The molecule has 18 heavy (non-hydrogen) atoms. The van der Waals surface area contributed by atoms with Crippen LogP contribution in [-0.2, 0) is 17.8 Å². The fourth-order valence-corrected chi connectivity index (χ4v) is 2.43. The Labute approximate surface area is 110 Å². The highest BCUT2D eigenvalue weighted by Crippen LogP contribution is 2.08. The van der Waals surface area contributed by atoms with Gasteiger partial charge in [-0.05, 0) is 35.7 Å². The van der Waals surface area contributed by atoms with E-state index < -0.39 is 0 Å². The predicted molar refractivity (Wildman–Crippen MR) is 72.3 cm³/mol. The van der Waals surface area contributed by atoms with Crippen LogP contribution in [0, 0.1) is 0 Å². The molecule has 1 amide bonds. The molecule has 2 heterocycles. The van der Waals surface area contributed by atoms with Crippen molar-refractivity contribution in [2.75, 3.05) is 5.73 Å². The molecule has 1 unspecified atom stereocenters. The Hall–Kier alpha value is -1.82. The number of carbonyl (C=O) groups is 1. The molecule has 0 aliphatic carbocycles. The van der Waals surface area contributed by atoms with Crippen molar-refractivity contribution in [3.05, 3.63) is 34.8 Å². The van der Waals surface area contributed by atoms with Gasteiger partial charge in [0.1, 0.15) is 6.54 Å². The lowest BCUT2D eigenvalue weighted by Gasteiger charge is -2.13. The van der Waals surface area contributed by atoms with E-state index in [9.17, 15) is 4.79 Å². The molecule has 0 fully saturated rings. The molecule has 0 radical (unpaired) electrons. The number of nitrogens with two attached hydrogens (primary N) is 1. The summed E-state index contributed by atoms with van der Waals surface area (Å²) in [4.78, 5) is 11.8. The summed E-state index contributed by atoms with van der Waals surface area (Å²) < 4.78 is 1.53. The second-order valence-electron chi connectivity index (χ2n) is 4.28. The van der Waals surface area contributed by atoms with Crippen LogP contribution >= 0.6 is 11.3 Å². The maximum Gasteiger partial charge on any atom is 0.241 e. The van der Waals surface area contributed by atoms with Crippen LogP contribution in [0.5, 0.6) is 0 Å². The molecule has 0 saturated heterocycles. The van der Waals surface area contributed by atoms with E-state index in [1.165, 1.54) is 16.4 Å². The molecule has 2 rings (SSSR count). The molecule has 2 aromatic heterocycles. The van der Waals surface area contributed by atoms with Gasteiger partial charge < -0.3 is 11.1 Å². The van der Waals surface area contributed by atoms with Crippen LogP contribution in [0.1, 0.15) is 12.5 Å². The third kappa shape index (κ3) is 3.59. The molecule has 5 nitrogen and oxygen atoms in total. The fraction of sp³-hybridized carbons (Fsp3) is 0.333. The average Bonchev–Trinajstić information content (AvgIpc) is 2.90. The number of aromatic nitrogens is 2. The van der Waals surface area contributed by atoms with Crippen LogP contribution in [-0.4, -0.2) is 21.7 Å². The summed E-state index contributed by atoms with van der Waals surface area (Å²) in [6, 6.07) is 2.18. The number of thiophene rings is 1. The zero-order chi connectivity index (χ0) is 13.0. The monoisotopic (exact) mass is 264 g/mol. The Bertz CT molecular complexity index is 506. The maximum atomic E-state index is 11.8. The number of hydrogen-bond acceptors (Lipinski definition) is 4. The van der Waals surface area contributed by atoms with E-state index in [2.05, 4.69) is 21.9 Å². The van der Waals surface area contributed by atoms with Crippen molar-refractivity contribution in [3.63, 3.8) is 0 Å². The zero-order valence-corrected chi connectivity index (χ0v) is 11.0. The van der Waals surface area contributed by atoms with E-state index >= 15 is 0 Å². The summed E-state index contributed by atoms with van der Waals surface area (Å²) in [5, 5.41) is 11.0. The quantitative estimate of drug-likeness (QED) is 0.854. The summed E-state index contributed by atoms with van der Waals surface area (Å²) in [5.74, 6) is -0.0548. The Balaban J connectivity index is 1.80. The van der Waals surface area contributed by atoms with Crippen LogP contribution < -0.4 is 11.1 Å². The van der Waals surface area contributed by atoms with Crippen molar-refractivity contribution in [1.29, 1.82) is 0 Å². The molecule has 3 N–H and O–H groups in total. The highest BCUT2D eigenvalue weighted by molar-refractivity contribution is 7.07. The third-order valence-electron chi connectivity index (χ3n) is 2.49. The third-order valence-corrected chi connectivity index (χ3v) is 3.22. The van der Waals surface area contributed by atoms with Crippen LogP contribution in [0.2, 0.25) is 0 Å². The van der Waals surface area contributed by atoms with Crippen molar-refractivity contribution < 1.29 is 4.79 Å². The normalized spacial score (nSPS) is 12.3. The number of nitrogens with one attached hydrogen (secondary N) is 1. The van der Waals surface area contributed by atoms with E-state index in [0.29, 0.717) is 5.69 Å². The Morgan fingerprint density at radius 3 is 3.11 bits per heavy atom. The molecule has 0 aliphatic heterocycles. The lowest BCUT2D eigenvalue weighted by atomic mass is 10.1. The standard InChI is InChI=1S/C12H16N4OS/c1-9(4-10-2-3-18-8-10)15-12(17)7-16-6-11(13)5-14-16/h2-3,5-6,8-9H,4,7,13H2,1H3,(H,15,17). The summed E-state index contributed by atoms with van der Waals surface area (Å²) in [7, 11) is 0. The average molecular weight is 264 g/mol. The van der Waals surface area contributed by atoms with Crippen molar-refractivity contribution in [2.24, 2.45) is 0 Å². The van der Waals surface area contributed by atoms with Crippen molar-refractivity contribution in [2.45, 2.75) is 25.9 Å². The molecular formula is C12H16N4OS. The van der Waals surface area contributed by atoms with Gasteiger partial charge in [-0.25, -0.2) is 0 Å². The minimum absolute atomic E-state index is 0.0548. The molecule has 1 atom stereocenters. The first-order valence-corrected chi connectivity index (χ1v) is 6.66. The fourth-order valence-electron chi connectivity index (χ4n) is 1.75. The molecule has 2 aromatic rings. The first-order valence-electron chi connectivity index (χ1n) is 5.72. The van der Waals surface area contributed by atoms with E-state index in [1.54, 1.807) is 17.5 Å². The topological polar surface area (TPSA) is 72.9 Å². The highest BCUT2D eigenvalue weighted by Gasteiger charge is 2.09. The highest BCUT2D eigenvalue weighted by atomic mass is 32.1. The van der Waals surface area contributed by atoms with Gasteiger partial charge in [-0.3, -0.25) is 9.48 Å². The largest absolute Gasteiger partial charge is 0.396 e. The van der Waals surface area contributed by atoms with Gasteiger partial charge in [0.05, 0.1) is 11.9 Å². The first kappa shape index (κ1) is 12.6. The Morgan fingerprint density at radius 2 is 2.50 bits per heavy atom. The molecule has 6 heteroatoms. The number of hydrogen-bond donors (Lipinski definition) is 2. The van der Waals surface area contributed by atoms with Gasteiger partial charge in [0, 0.05) is 12.2 Å². The minimum atomic E-state index is -0.0548. The lowest BCUT2D eigenvalue weighted by molar-refractivity contribution is -0.122. The summed E-state index contributed by atoms with van der Waals surface area (Å²) in [5.41, 5.74) is 7.34. The molecule has 0 saturated carbocycles. The number of amides is 1. The van der Waals surface area contributed by atoms with E-state index in [-0.39, 0.29) is 18.5 Å². The second kappa shape index (κ2) is 5.68. The molecule has 96 valence electrons. The van der Waals surface area contributed by atoms with Gasteiger partial charge in [-0.1, -0.05) is 0 Å². The zero-order valence-electron chi connectivity index (χ0n) is 10.2. The Morgan fingerprint density at radius 1 is 1.67 bits per heavy atom. The van der Waals surface area contributed by atoms with Crippen molar-refractivity contribution >= 4 is 22.9 Å².